The van der Waals surface area contributed by atoms with Gasteiger partial charge in [0.2, 0.25) is 0 Å². The lowest BCUT2D eigenvalue weighted by Crippen LogP contribution is -2.24. The SMILES string of the molecule is Cc1c(Br)ccc2ncn(C3CCCC3)c(=O)c12. The van der Waals surface area contributed by atoms with E-state index in [2.05, 4.69) is 20.9 Å². The Morgan fingerprint density at radius 1 is 1.33 bits per heavy atom. The molecule has 0 N–H and O–H groups in total. The summed E-state index contributed by atoms with van der Waals surface area (Å²) in [6, 6.07) is 4.18. The minimum atomic E-state index is 0.103. The third-order valence-electron chi connectivity index (χ3n) is 3.86. The lowest BCUT2D eigenvalue weighted by Gasteiger charge is -2.14. The van der Waals surface area contributed by atoms with Gasteiger partial charge in [-0.1, -0.05) is 28.8 Å². The molecule has 0 spiro atoms. The highest BCUT2D eigenvalue weighted by atomic mass is 79.9. The molecule has 0 saturated heterocycles. The van der Waals surface area contributed by atoms with Gasteiger partial charge < -0.3 is 0 Å². The smallest absolute Gasteiger partial charge is 0.261 e. The van der Waals surface area contributed by atoms with Gasteiger partial charge in [-0.15, -0.1) is 0 Å². The second kappa shape index (κ2) is 4.50. The Labute approximate surface area is 114 Å². The van der Waals surface area contributed by atoms with Gasteiger partial charge in [0, 0.05) is 10.5 Å². The van der Waals surface area contributed by atoms with Crippen LogP contribution < -0.4 is 5.56 Å². The van der Waals surface area contributed by atoms with E-state index in [1.165, 1.54) is 12.8 Å². The lowest BCUT2D eigenvalue weighted by molar-refractivity contribution is 0.499. The topological polar surface area (TPSA) is 34.9 Å². The Balaban J connectivity index is 2.27. The summed E-state index contributed by atoms with van der Waals surface area (Å²) in [7, 11) is 0. The fraction of sp³-hybridized carbons (Fsp3) is 0.429. The Morgan fingerprint density at radius 2 is 2.06 bits per heavy atom. The molecule has 94 valence electrons. The zero-order valence-corrected chi connectivity index (χ0v) is 11.9. The van der Waals surface area contributed by atoms with Gasteiger partial charge in [-0.2, -0.15) is 0 Å². The van der Waals surface area contributed by atoms with Crippen LogP contribution >= 0.6 is 15.9 Å². The molecule has 0 aliphatic heterocycles. The highest BCUT2D eigenvalue weighted by Gasteiger charge is 2.19. The second-order valence-corrected chi connectivity index (χ2v) is 5.82. The van der Waals surface area contributed by atoms with Gasteiger partial charge in [-0.3, -0.25) is 9.36 Å². The van der Waals surface area contributed by atoms with Crippen LogP contribution in [0.5, 0.6) is 0 Å². The van der Waals surface area contributed by atoms with Crippen LogP contribution in [0.15, 0.2) is 27.7 Å². The first-order valence-electron chi connectivity index (χ1n) is 6.34. The molecule has 0 bridgehead atoms. The normalized spacial score (nSPS) is 16.6. The monoisotopic (exact) mass is 306 g/mol. The van der Waals surface area contributed by atoms with E-state index in [1.54, 1.807) is 6.33 Å². The second-order valence-electron chi connectivity index (χ2n) is 4.96. The van der Waals surface area contributed by atoms with Crippen molar-refractivity contribution < 1.29 is 0 Å². The fourth-order valence-corrected chi connectivity index (χ4v) is 3.13. The highest BCUT2D eigenvalue weighted by molar-refractivity contribution is 9.10. The minimum absolute atomic E-state index is 0.103. The van der Waals surface area contributed by atoms with Gasteiger partial charge in [0.15, 0.2) is 0 Å². The van der Waals surface area contributed by atoms with Gasteiger partial charge >= 0.3 is 0 Å². The summed E-state index contributed by atoms with van der Waals surface area (Å²) in [5, 5.41) is 0.749. The van der Waals surface area contributed by atoms with Gasteiger partial charge in [0.1, 0.15) is 0 Å². The van der Waals surface area contributed by atoms with E-state index in [4.69, 9.17) is 0 Å². The van der Waals surface area contributed by atoms with Gasteiger partial charge in [-0.05, 0) is 37.5 Å². The summed E-state index contributed by atoms with van der Waals surface area (Å²) in [5.41, 5.74) is 1.87. The van der Waals surface area contributed by atoms with Gasteiger partial charge in [0.25, 0.3) is 5.56 Å². The van der Waals surface area contributed by atoms with E-state index in [-0.39, 0.29) is 5.56 Å². The Bertz CT molecular complexity index is 657. The number of rotatable bonds is 1. The number of hydrogen-bond donors (Lipinski definition) is 0. The quantitative estimate of drug-likeness (QED) is 0.807. The van der Waals surface area contributed by atoms with Crippen molar-refractivity contribution in [1.82, 2.24) is 9.55 Å². The number of aromatic nitrogens is 2. The van der Waals surface area contributed by atoms with Crippen molar-refractivity contribution in [3.05, 3.63) is 38.9 Å². The van der Waals surface area contributed by atoms with E-state index >= 15 is 0 Å². The largest absolute Gasteiger partial charge is 0.296 e. The van der Waals surface area contributed by atoms with Crippen LogP contribution in [0.4, 0.5) is 0 Å². The molecule has 0 atom stereocenters. The first-order chi connectivity index (χ1) is 8.68. The van der Waals surface area contributed by atoms with Crippen LogP contribution in [-0.4, -0.2) is 9.55 Å². The zero-order chi connectivity index (χ0) is 12.7. The van der Waals surface area contributed by atoms with Crippen molar-refractivity contribution in [2.75, 3.05) is 0 Å². The van der Waals surface area contributed by atoms with E-state index in [9.17, 15) is 4.79 Å². The molecule has 3 nitrogen and oxygen atoms in total. The summed E-state index contributed by atoms with van der Waals surface area (Å²) in [6.07, 6.45) is 6.34. The molecule has 1 saturated carbocycles. The lowest BCUT2D eigenvalue weighted by atomic mass is 10.1. The number of benzene rings is 1. The van der Waals surface area contributed by atoms with E-state index in [1.807, 2.05) is 23.6 Å². The Hall–Kier alpha value is -1.16. The maximum absolute atomic E-state index is 12.6. The molecule has 1 aliphatic carbocycles. The third kappa shape index (κ3) is 1.79. The number of nitrogens with zero attached hydrogens (tertiary/aromatic N) is 2. The molecule has 2 aromatic rings. The Kier molecular flexibility index (Phi) is 2.98. The Morgan fingerprint density at radius 3 is 2.78 bits per heavy atom. The number of hydrogen-bond acceptors (Lipinski definition) is 2. The summed E-state index contributed by atoms with van der Waals surface area (Å²) in [6.45, 7) is 1.97. The summed E-state index contributed by atoms with van der Waals surface area (Å²) in [5.74, 6) is 0. The molecule has 1 aliphatic rings. The summed E-state index contributed by atoms with van der Waals surface area (Å²) < 4.78 is 2.80. The fourth-order valence-electron chi connectivity index (χ4n) is 2.80. The van der Waals surface area contributed by atoms with Crippen LogP contribution in [0, 0.1) is 6.92 Å². The summed E-state index contributed by atoms with van der Waals surface area (Å²) in [4.78, 5) is 17.0. The van der Waals surface area contributed by atoms with Crippen molar-refractivity contribution in [1.29, 1.82) is 0 Å². The van der Waals surface area contributed by atoms with Crippen LogP contribution in [0.25, 0.3) is 10.9 Å². The first-order valence-corrected chi connectivity index (χ1v) is 7.14. The number of halogens is 1. The molecule has 4 heteroatoms. The van der Waals surface area contributed by atoms with Crippen LogP contribution in [-0.2, 0) is 0 Å². The van der Waals surface area contributed by atoms with E-state index < -0.39 is 0 Å². The first kappa shape index (κ1) is 11.9. The van der Waals surface area contributed by atoms with Crippen molar-refractivity contribution in [2.45, 2.75) is 38.6 Å². The van der Waals surface area contributed by atoms with Crippen molar-refractivity contribution in [3.63, 3.8) is 0 Å². The van der Waals surface area contributed by atoms with Crippen molar-refractivity contribution >= 4 is 26.8 Å². The maximum atomic E-state index is 12.6. The third-order valence-corrected chi connectivity index (χ3v) is 4.72. The standard InChI is InChI=1S/C14H15BrN2O/c1-9-11(15)6-7-12-13(9)14(18)17(8-16-12)10-4-2-3-5-10/h6-8,10H,2-5H2,1H3. The molecular formula is C14H15BrN2O. The minimum Gasteiger partial charge on any atom is -0.296 e. The van der Waals surface area contributed by atoms with Crippen molar-refractivity contribution in [3.8, 4) is 0 Å². The molecular weight excluding hydrogens is 292 g/mol. The van der Waals surface area contributed by atoms with Crippen LogP contribution in [0.1, 0.15) is 37.3 Å². The molecule has 1 aromatic carbocycles. The van der Waals surface area contributed by atoms with Crippen LogP contribution in [0.3, 0.4) is 0 Å². The zero-order valence-electron chi connectivity index (χ0n) is 10.3. The van der Waals surface area contributed by atoms with E-state index in [0.717, 1.165) is 33.8 Å². The predicted molar refractivity (Wildman–Crippen MR) is 75.9 cm³/mol. The number of aryl methyl sites for hydroxylation is 1. The molecule has 1 heterocycles. The molecule has 3 rings (SSSR count). The average Bonchev–Trinajstić information content (AvgIpc) is 2.87. The maximum Gasteiger partial charge on any atom is 0.261 e. The number of fused-ring (bicyclic) bond motifs is 1. The highest BCUT2D eigenvalue weighted by Crippen LogP contribution is 2.29. The molecule has 18 heavy (non-hydrogen) atoms. The molecule has 1 aromatic heterocycles. The van der Waals surface area contributed by atoms with Gasteiger partial charge in [0.05, 0.1) is 17.2 Å². The molecule has 0 amide bonds. The summed E-state index contributed by atoms with van der Waals surface area (Å²) >= 11 is 3.48. The average molecular weight is 307 g/mol. The van der Waals surface area contributed by atoms with Crippen LogP contribution in [0.2, 0.25) is 0 Å². The van der Waals surface area contributed by atoms with Gasteiger partial charge in [-0.25, -0.2) is 4.98 Å². The van der Waals surface area contributed by atoms with Crippen molar-refractivity contribution in [2.24, 2.45) is 0 Å². The molecule has 0 unspecified atom stereocenters. The van der Waals surface area contributed by atoms with E-state index in [0.29, 0.717) is 6.04 Å². The molecule has 1 fully saturated rings. The molecule has 0 radical (unpaired) electrons. The predicted octanol–water partition coefficient (Wildman–Crippen LogP) is 3.58.